The summed E-state index contributed by atoms with van der Waals surface area (Å²) < 4.78 is 5.75. The Labute approximate surface area is 199 Å². The van der Waals surface area contributed by atoms with Gasteiger partial charge in [-0.25, -0.2) is 0 Å². The van der Waals surface area contributed by atoms with Crippen LogP contribution < -0.4 is 5.73 Å². The second-order valence-corrected chi connectivity index (χ2v) is 9.19. The Hall–Kier alpha value is -3.48. The van der Waals surface area contributed by atoms with Crippen molar-refractivity contribution in [1.82, 2.24) is 4.90 Å². The number of ether oxygens (including phenoxy) is 1. The van der Waals surface area contributed by atoms with Gasteiger partial charge in [-0.15, -0.1) is 0 Å². The Morgan fingerprint density at radius 3 is 2.12 bits per heavy atom. The molecule has 2 atom stereocenters. The first kappa shape index (κ1) is 22.3. The van der Waals surface area contributed by atoms with E-state index in [2.05, 4.69) is 12.1 Å². The van der Waals surface area contributed by atoms with Crippen LogP contribution in [-0.4, -0.2) is 41.3 Å². The van der Waals surface area contributed by atoms with E-state index in [4.69, 9.17) is 10.5 Å². The molecule has 0 amide bonds. The van der Waals surface area contributed by atoms with Crippen molar-refractivity contribution < 1.29 is 19.4 Å². The molecule has 1 aliphatic carbocycles. The van der Waals surface area contributed by atoms with Crippen molar-refractivity contribution in [3.05, 3.63) is 95.6 Å². The highest BCUT2D eigenvalue weighted by Gasteiger charge is 2.52. The van der Waals surface area contributed by atoms with Crippen LogP contribution in [0.25, 0.3) is 11.1 Å². The van der Waals surface area contributed by atoms with Crippen molar-refractivity contribution in [2.75, 3.05) is 13.2 Å². The van der Waals surface area contributed by atoms with Gasteiger partial charge in [0.1, 0.15) is 6.61 Å². The normalized spacial score (nSPS) is 22.1. The molecule has 1 fully saturated rings. The third-order valence-corrected chi connectivity index (χ3v) is 7.22. The molecule has 3 N–H and O–H groups in total. The highest BCUT2D eigenvalue weighted by Crippen LogP contribution is 2.45. The molecule has 3 aromatic rings. The molecule has 0 spiro atoms. The molecule has 1 heterocycles. The van der Waals surface area contributed by atoms with Crippen LogP contribution in [0.3, 0.4) is 0 Å². The number of benzene rings is 3. The fraction of sp³-hybridized carbons (Fsp3) is 0.286. The second kappa shape index (κ2) is 9.05. The highest BCUT2D eigenvalue weighted by atomic mass is 16.5. The van der Waals surface area contributed by atoms with Crippen LogP contribution in [0.4, 0.5) is 0 Å². The van der Waals surface area contributed by atoms with E-state index >= 15 is 0 Å². The minimum Gasteiger partial charge on any atom is -0.480 e. The summed E-state index contributed by atoms with van der Waals surface area (Å²) in [7, 11) is 0. The molecular weight excluding hydrogens is 428 g/mol. The van der Waals surface area contributed by atoms with Gasteiger partial charge in [0.05, 0.1) is 6.17 Å². The number of piperidine rings is 1. The van der Waals surface area contributed by atoms with Gasteiger partial charge in [0.25, 0.3) is 0 Å². The van der Waals surface area contributed by atoms with Gasteiger partial charge in [-0.2, -0.15) is 0 Å². The average molecular weight is 457 g/mol. The summed E-state index contributed by atoms with van der Waals surface area (Å²) in [5, 5.41) is 10.1. The lowest BCUT2D eigenvalue weighted by Crippen LogP contribution is -2.56. The summed E-state index contributed by atoms with van der Waals surface area (Å²) in [5.74, 6) is -1.98. The van der Waals surface area contributed by atoms with Gasteiger partial charge in [0.15, 0.2) is 5.41 Å². The number of hydrogen-bond acceptors (Lipinski definition) is 5. The summed E-state index contributed by atoms with van der Waals surface area (Å²) in [5.41, 5.74) is 10.3. The zero-order valence-electron chi connectivity index (χ0n) is 18.9. The molecule has 0 bridgehead atoms. The fourth-order valence-corrected chi connectivity index (χ4v) is 5.31. The molecule has 34 heavy (non-hydrogen) atoms. The van der Waals surface area contributed by atoms with Crippen LogP contribution in [0.5, 0.6) is 0 Å². The number of esters is 1. The van der Waals surface area contributed by atoms with Crippen molar-refractivity contribution in [2.45, 2.75) is 31.5 Å². The molecule has 174 valence electrons. The number of nitrogens with two attached hydrogens (primary N) is 1. The molecule has 6 nitrogen and oxygen atoms in total. The number of fused-ring (bicyclic) bond motifs is 3. The smallest absolute Gasteiger partial charge is 0.323 e. The van der Waals surface area contributed by atoms with Crippen molar-refractivity contribution >= 4 is 11.9 Å². The minimum absolute atomic E-state index is 0.0197. The van der Waals surface area contributed by atoms with Crippen molar-refractivity contribution in [1.29, 1.82) is 0 Å². The molecule has 1 aliphatic heterocycles. The number of carboxylic acid groups (broad SMARTS) is 1. The number of likely N-dealkylation sites (tertiary alicyclic amines) is 1. The molecular formula is C28H28N2O4. The predicted octanol–water partition coefficient (Wildman–Crippen LogP) is 3.99. The van der Waals surface area contributed by atoms with E-state index in [9.17, 15) is 14.7 Å². The van der Waals surface area contributed by atoms with Crippen molar-refractivity contribution in [2.24, 2.45) is 11.1 Å². The van der Waals surface area contributed by atoms with Gasteiger partial charge in [0.2, 0.25) is 0 Å². The standard InChI is InChI=1S/C28H28N2O4/c29-25-16-28(26(31)32,14-15-30(25)17-19-8-2-1-3-9-19)27(33)34-18-24-22-12-6-4-10-20(22)21-11-5-7-13-23(21)24/h1-13,24-25H,14-18,29H2,(H,31,32). The zero-order valence-corrected chi connectivity index (χ0v) is 18.9. The molecule has 3 aromatic carbocycles. The molecule has 2 unspecified atom stereocenters. The number of rotatable bonds is 6. The Morgan fingerprint density at radius 1 is 0.941 bits per heavy atom. The van der Waals surface area contributed by atoms with E-state index in [1.165, 1.54) is 0 Å². The van der Waals surface area contributed by atoms with Crippen LogP contribution in [0.2, 0.25) is 0 Å². The van der Waals surface area contributed by atoms with Gasteiger partial charge >= 0.3 is 11.9 Å². The molecule has 2 aliphatic rings. The van der Waals surface area contributed by atoms with E-state index in [0.717, 1.165) is 27.8 Å². The maximum absolute atomic E-state index is 13.3. The van der Waals surface area contributed by atoms with Crippen LogP contribution in [0, 0.1) is 5.41 Å². The number of hydrogen-bond donors (Lipinski definition) is 2. The first-order valence-electron chi connectivity index (χ1n) is 11.6. The van der Waals surface area contributed by atoms with E-state index < -0.39 is 23.5 Å². The first-order valence-corrected chi connectivity index (χ1v) is 11.6. The summed E-state index contributed by atoms with van der Waals surface area (Å²) in [4.78, 5) is 27.6. The third-order valence-electron chi connectivity index (χ3n) is 7.22. The lowest BCUT2D eigenvalue weighted by Gasteiger charge is -2.41. The molecule has 6 heteroatoms. The third kappa shape index (κ3) is 3.89. The number of carbonyl (C=O) groups is 2. The van der Waals surface area contributed by atoms with Gasteiger partial charge in [-0.05, 0) is 34.2 Å². The maximum Gasteiger partial charge on any atom is 0.323 e. The molecule has 5 rings (SSSR count). The fourth-order valence-electron chi connectivity index (χ4n) is 5.31. The van der Waals surface area contributed by atoms with E-state index in [-0.39, 0.29) is 25.4 Å². The Bertz CT molecular complexity index is 1170. The van der Waals surface area contributed by atoms with Gasteiger partial charge in [0, 0.05) is 25.4 Å². The van der Waals surface area contributed by atoms with Gasteiger partial charge in [-0.1, -0.05) is 78.9 Å². The monoisotopic (exact) mass is 456 g/mol. The largest absolute Gasteiger partial charge is 0.480 e. The SMILES string of the molecule is NC1CC(C(=O)O)(C(=O)OCC2c3ccccc3-c3ccccc32)CCN1Cc1ccccc1. The summed E-state index contributed by atoms with van der Waals surface area (Å²) >= 11 is 0. The lowest BCUT2D eigenvalue weighted by atomic mass is 9.77. The van der Waals surface area contributed by atoms with Crippen LogP contribution in [-0.2, 0) is 20.9 Å². The van der Waals surface area contributed by atoms with E-state index in [1.807, 2.05) is 71.6 Å². The van der Waals surface area contributed by atoms with Crippen LogP contribution >= 0.6 is 0 Å². The second-order valence-electron chi connectivity index (χ2n) is 9.19. The van der Waals surface area contributed by atoms with Gasteiger partial charge < -0.3 is 15.6 Å². The highest BCUT2D eigenvalue weighted by molar-refractivity contribution is 5.99. The van der Waals surface area contributed by atoms with E-state index in [1.54, 1.807) is 0 Å². The summed E-state index contributed by atoms with van der Waals surface area (Å²) in [6.07, 6.45) is -0.365. The average Bonchev–Trinajstić information content (AvgIpc) is 3.18. The lowest BCUT2D eigenvalue weighted by molar-refractivity contribution is -0.174. The van der Waals surface area contributed by atoms with Crippen molar-refractivity contribution in [3.63, 3.8) is 0 Å². The minimum atomic E-state index is -1.63. The number of nitrogens with zero attached hydrogens (tertiary/aromatic N) is 1. The van der Waals surface area contributed by atoms with Gasteiger partial charge in [-0.3, -0.25) is 14.5 Å². The predicted molar refractivity (Wildman–Crippen MR) is 129 cm³/mol. The topological polar surface area (TPSA) is 92.9 Å². The molecule has 0 saturated carbocycles. The Kier molecular flexibility index (Phi) is 5.94. The zero-order chi connectivity index (χ0) is 23.7. The molecule has 1 saturated heterocycles. The summed E-state index contributed by atoms with van der Waals surface area (Å²) in [6.45, 7) is 1.12. The van der Waals surface area contributed by atoms with E-state index in [0.29, 0.717) is 13.1 Å². The quantitative estimate of drug-likeness (QED) is 0.430. The Balaban J connectivity index is 1.31. The Morgan fingerprint density at radius 2 is 1.53 bits per heavy atom. The molecule has 0 aromatic heterocycles. The summed E-state index contributed by atoms with van der Waals surface area (Å²) in [6, 6.07) is 26.0. The van der Waals surface area contributed by atoms with Crippen molar-refractivity contribution in [3.8, 4) is 11.1 Å². The van der Waals surface area contributed by atoms with Crippen LogP contribution in [0.1, 0.15) is 35.4 Å². The maximum atomic E-state index is 13.3. The number of aliphatic carboxylic acids is 1. The number of carboxylic acids is 1. The first-order chi connectivity index (χ1) is 16.5. The van der Waals surface area contributed by atoms with Crippen LogP contribution in [0.15, 0.2) is 78.9 Å². The number of carbonyl (C=O) groups excluding carboxylic acids is 1. The molecule has 0 radical (unpaired) electrons.